The lowest BCUT2D eigenvalue weighted by atomic mass is 10.3. The first-order chi connectivity index (χ1) is 11.4. The van der Waals surface area contributed by atoms with Crippen LogP contribution in [0.4, 0.5) is 13.2 Å². The van der Waals surface area contributed by atoms with Crippen LogP contribution in [-0.4, -0.2) is 44.2 Å². The van der Waals surface area contributed by atoms with Gasteiger partial charge in [-0.15, -0.1) is 23.4 Å². The maximum Gasteiger partial charge on any atom is 0.417 e. The van der Waals surface area contributed by atoms with Gasteiger partial charge in [-0.05, 0) is 12.1 Å². The second kappa shape index (κ2) is 7.52. The summed E-state index contributed by atoms with van der Waals surface area (Å²) in [4.78, 5) is 13.7. The van der Waals surface area contributed by atoms with Crippen molar-refractivity contribution in [2.24, 2.45) is 0 Å². The molecule has 0 saturated heterocycles. The van der Waals surface area contributed by atoms with Gasteiger partial charge in [-0.25, -0.2) is 0 Å². The van der Waals surface area contributed by atoms with Crippen LogP contribution in [0.15, 0.2) is 48.8 Å². The highest BCUT2D eigenvalue weighted by atomic mass is 32.2. The first kappa shape index (κ1) is 18.1. The minimum Gasteiger partial charge on any atom is -0.335 e. The Balaban J connectivity index is 2.16. The lowest BCUT2D eigenvalue weighted by Gasteiger charge is -2.18. The normalized spacial score (nSPS) is 11.5. The number of rotatable bonds is 7. The van der Waals surface area contributed by atoms with E-state index >= 15 is 0 Å². The van der Waals surface area contributed by atoms with Crippen LogP contribution < -0.4 is 0 Å². The van der Waals surface area contributed by atoms with E-state index in [-0.39, 0.29) is 22.5 Å². The number of carbonyl (C=O) groups excluding carboxylic acids is 1. The lowest BCUT2D eigenvalue weighted by molar-refractivity contribution is -0.138. The Hall–Kier alpha value is -2.29. The molecule has 5 nitrogen and oxygen atoms in total. The molecule has 1 amide bonds. The SMILES string of the molecule is C=CCN(CC=C)C(=O)CSc1nnc2ccc(C(F)(F)F)cn12. The first-order valence-corrected chi connectivity index (χ1v) is 7.89. The van der Waals surface area contributed by atoms with E-state index in [1.807, 2.05) is 0 Å². The van der Waals surface area contributed by atoms with Gasteiger partial charge in [0.2, 0.25) is 5.91 Å². The number of pyridine rings is 1. The van der Waals surface area contributed by atoms with E-state index in [0.29, 0.717) is 13.1 Å². The molecule has 2 rings (SSSR count). The molecule has 2 aromatic heterocycles. The molecule has 128 valence electrons. The second-order valence-electron chi connectivity index (χ2n) is 4.79. The quantitative estimate of drug-likeness (QED) is 0.565. The molecule has 0 aromatic carbocycles. The molecule has 24 heavy (non-hydrogen) atoms. The highest BCUT2D eigenvalue weighted by Gasteiger charge is 2.31. The number of hydrogen-bond donors (Lipinski definition) is 0. The van der Waals surface area contributed by atoms with Crippen molar-refractivity contribution < 1.29 is 18.0 Å². The molecule has 0 aliphatic rings. The molecule has 0 radical (unpaired) electrons. The summed E-state index contributed by atoms with van der Waals surface area (Å²) in [5.41, 5.74) is -0.519. The number of nitrogens with zero attached hydrogens (tertiary/aromatic N) is 4. The van der Waals surface area contributed by atoms with Gasteiger partial charge < -0.3 is 4.90 Å². The summed E-state index contributed by atoms with van der Waals surface area (Å²) < 4.78 is 39.6. The summed E-state index contributed by atoms with van der Waals surface area (Å²) in [5.74, 6) is -0.165. The zero-order valence-electron chi connectivity index (χ0n) is 12.7. The van der Waals surface area contributed by atoms with Crippen LogP contribution in [0.1, 0.15) is 5.56 Å². The maximum atomic E-state index is 12.8. The summed E-state index contributed by atoms with van der Waals surface area (Å²) in [5, 5.41) is 7.87. The number of carbonyl (C=O) groups is 1. The van der Waals surface area contributed by atoms with Crippen LogP contribution in [0.5, 0.6) is 0 Å². The van der Waals surface area contributed by atoms with Gasteiger partial charge in [0, 0.05) is 19.3 Å². The van der Waals surface area contributed by atoms with Crippen molar-refractivity contribution in [1.82, 2.24) is 19.5 Å². The number of hydrogen-bond acceptors (Lipinski definition) is 4. The minimum atomic E-state index is -4.46. The smallest absolute Gasteiger partial charge is 0.335 e. The summed E-state index contributed by atoms with van der Waals surface area (Å²) in [6.45, 7) is 7.89. The fourth-order valence-corrected chi connectivity index (χ4v) is 2.76. The van der Waals surface area contributed by atoms with Gasteiger partial charge in [-0.3, -0.25) is 9.20 Å². The van der Waals surface area contributed by atoms with Crippen LogP contribution in [0, 0.1) is 0 Å². The monoisotopic (exact) mass is 356 g/mol. The van der Waals surface area contributed by atoms with Gasteiger partial charge >= 0.3 is 6.18 Å². The molecule has 0 fully saturated rings. The van der Waals surface area contributed by atoms with E-state index in [1.165, 1.54) is 15.4 Å². The van der Waals surface area contributed by atoms with E-state index in [2.05, 4.69) is 23.4 Å². The van der Waals surface area contributed by atoms with Gasteiger partial charge in [0.15, 0.2) is 10.8 Å². The van der Waals surface area contributed by atoms with Gasteiger partial charge in [-0.1, -0.05) is 23.9 Å². The Labute approximate surface area is 140 Å². The van der Waals surface area contributed by atoms with Crippen LogP contribution >= 0.6 is 11.8 Å². The zero-order chi connectivity index (χ0) is 17.7. The van der Waals surface area contributed by atoms with E-state index < -0.39 is 11.7 Å². The molecule has 0 aliphatic heterocycles. The number of alkyl halides is 3. The standard InChI is InChI=1S/C15H15F3N4OS/c1-3-7-21(8-4-2)13(23)10-24-14-20-19-12-6-5-11(9-22(12)14)15(16,17)18/h3-6,9H,1-2,7-8,10H2. The highest BCUT2D eigenvalue weighted by Crippen LogP contribution is 2.30. The molecule has 0 saturated carbocycles. The largest absolute Gasteiger partial charge is 0.417 e. The van der Waals surface area contributed by atoms with Crippen LogP contribution in [0.25, 0.3) is 5.65 Å². The molecule has 0 atom stereocenters. The number of fused-ring (bicyclic) bond motifs is 1. The van der Waals surface area contributed by atoms with E-state index in [4.69, 9.17) is 0 Å². The van der Waals surface area contributed by atoms with E-state index in [9.17, 15) is 18.0 Å². The predicted octanol–water partition coefficient (Wildman–Crippen LogP) is 3.04. The van der Waals surface area contributed by atoms with Crippen LogP contribution in [0.3, 0.4) is 0 Å². The average molecular weight is 356 g/mol. The first-order valence-electron chi connectivity index (χ1n) is 6.91. The molecule has 0 spiro atoms. The summed E-state index contributed by atoms with van der Waals surface area (Å²) in [7, 11) is 0. The third kappa shape index (κ3) is 4.16. The van der Waals surface area contributed by atoms with E-state index in [0.717, 1.165) is 24.0 Å². The summed E-state index contributed by atoms with van der Waals surface area (Å²) in [6.07, 6.45) is -0.351. The molecule has 0 aliphatic carbocycles. The molecule has 0 unspecified atom stereocenters. The van der Waals surface area contributed by atoms with Crippen molar-refractivity contribution in [1.29, 1.82) is 0 Å². The maximum absolute atomic E-state index is 12.8. The van der Waals surface area contributed by atoms with Crippen molar-refractivity contribution in [3.05, 3.63) is 49.2 Å². The Kier molecular flexibility index (Phi) is 5.66. The highest BCUT2D eigenvalue weighted by molar-refractivity contribution is 7.99. The predicted molar refractivity (Wildman–Crippen MR) is 85.7 cm³/mol. The molecule has 2 aromatic rings. The third-order valence-corrected chi connectivity index (χ3v) is 4.00. The third-order valence-electron chi connectivity index (χ3n) is 3.07. The van der Waals surface area contributed by atoms with Crippen molar-refractivity contribution in [2.45, 2.75) is 11.3 Å². The Morgan fingerprint density at radius 2 is 1.92 bits per heavy atom. The fraction of sp³-hybridized carbons (Fsp3) is 0.267. The second-order valence-corrected chi connectivity index (χ2v) is 5.73. The molecular weight excluding hydrogens is 341 g/mol. The van der Waals surface area contributed by atoms with Gasteiger partial charge in [-0.2, -0.15) is 13.2 Å². The van der Waals surface area contributed by atoms with Gasteiger partial charge in [0.25, 0.3) is 0 Å². The van der Waals surface area contributed by atoms with Crippen molar-refractivity contribution >= 4 is 23.3 Å². The molecule has 0 N–H and O–H groups in total. The zero-order valence-corrected chi connectivity index (χ0v) is 13.5. The molecule has 9 heteroatoms. The van der Waals surface area contributed by atoms with Gasteiger partial charge in [0.1, 0.15) is 0 Å². The van der Waals surface area contributed by atoms with Crippen LogP contribution in [-0.2, 0) is 11.0 Å². The lowest BCUT2D eigenvalue weighted by Crippen LogP contribution is -2.32. The van der Waals surface area contributed by atoms with Crippen molar-refractivity contribution in [3.63, 3.8) is 0 Å². The fourth-order valence-electron chi connectivity index (χ4n) is 1.94. The Morgan fingerprint density at radius 1 is 1.25 bits per heavy atom. The number of thioether (sulfide) groups is 1. The minimum absolute atomic E-state index is 0.0265. The summed E-state index contributed by atoms with van der Waals surface area (Å²) in [6, 6.07) is 2.18. The van der Waals surface area contributed by atoms with Crippen molar-refractivity contribution in [2.75, 3.05) is 18.8 Å². The molecule has 2 heterocycles. The number of halogens is 3. The topological polar surface area (TPSA) is 50.5 Å². The van der Waals surface area contributed by atoms with Crippen molar-refractivity contribution in [3.8, 4) is 0 Å². The Bertz CT molecular complexity index is 747. The number of aromatic nitrogens is 3. The summed E-state index contributed by atoms with van der Waals surface area (Å²) >= 11 is 1.03. The van der Waals surface area contributed by atoms with Gasteiger partial charge in [0.05, 0.1) is 11.3 Å². The average Bonchev–Trinajstić information content (AvgIpc) is 2.94. The Morgan fingerprint density at radius 3 is 2.50 bits per heavy atom. The van der Waals surface area contributed by atoms with E-state index in [1.54, 1.807) is 12.2 Å². The molecular formula is C15H15F3N4OS. The molecule has 0 bridgehead atoms. The number of amides is 1. The van der Waals surface area contributed by atoms with Crippen LogP contribution in [0.2, 0.25) is 0 Å².